The van der Waals surface area contributed by atoms with E-state index in [0.29, 0.717) is 41.2 Å². The molecule has 0 atom stereocenters. The number of anilines is 3. The quantitative estimate of drug-likeness (QED) is 0.751. The van der Waals surface area contributed by atoms with Gasteiger partial charge in [-0.2, -0.15) is 0 Å². The summed E-state index contributed by atoms with van der Waals surface area (Å²) in [5.74, 6) is 0.318. The average Bonchev–Trinajstić information content (AvgIpc) is 2.51. The fraction of sp³-hybridized carbons (Fsp3) is 0.333. The zero-order valence-electron chi connectivity index (χ0n) is 14.9. The third-order valence-corrected chi connectivity index (χ3v) is 3.20. The first-order chi connectivity index (χ1) is 11.8. The Labute approximate surface area is 147 Å². The third kappa shape index (κ3) is 5.87. The van der Waals surface area contributed by atoms with Crippen molar-refractivity contribution in [1.29, 1.82) is 0 Å². The standard InChI is InChI=1S/C18H23N5O2/c1-11(2)10-19-17(25)16-8-12(3)20-18(23-16)22-15-7-5-6-14(9-15)21-13(4)24/h5-9,11H,10H2,1-4H3,(H,19,25)(H,21,24)(H,20,22,23). The van der Waals surface area contributed by atoms with Gasteiger partial charge in [-0.25, -0.2) is 9.97 Å². The van der Waals surface area contributed by atoms with Crippen LogP contribution >= 0.6 is 0 Å². The SMILES string of the molecule is CC(=O)Nc1cccc(Nc2nc(C)cc(C(=O)NCC(C)C)n2)c1. The van der Waals surface area contributed by atoms with Crippen LogP contribution in [0.15, 0.2) is 30.3 Å². The van der Waals surface area contributed by atoms with E-state index < -0.39 is 0 Å². The molecule has 0 aliphatic carbocycles. The predicted octanol–water partition coefficient (Wildman–Crippen LogP) is 2.87. The second-order valence-corrected chi connectivity index (χ2v) is 6.21. The summed E-state index contributed by atoms with van der Waals surface area (Å²) in [4.78, 5) is 31.9. The molecule has 25 heavy (non-hydrogen) atoms. The fourth-order valence-corrected chi connectivity index (χ4v) is 2.14. The van der Waals surface area contributed by atoms with Crippen molar-refractivity contribution in [3.8, 4) is 0 Å². The lowest BCUT2D eigenvalue weighted by molar-refractivity contribution is -0.114. The molecule has 2 amide bonds. The van der Waals surface area contributed by atoms with Gasteiger partial charge < -0.3 is 16.0 Å². The molecule has 0 fully saturated rings. The van der Waals surface area contributed by atoms with Gasteiger partial charge in [0, 0.05) is 30.5 Å². The maximum Gasteiger partial charge on any atom is 0.270 e. The zero-order valence-corrected chi connectivity index (χ0v) is 14.9. The molecule has 7 nitrogen and oxygen atoms in total. The van der Waals surface area contributed by atoms with E-state index in [1.54, 1.807) is 31.2 Å². The van der Waals surface area contributed by atoms with Gasteiger partial charge in [-0.1, -0.05) is 19.9 Å². The number of rotatable bonds is 6. The normalized spacial score (nSPS) is 10.4. The summed E-state index contributed by atoms with van der Waals surface area (Å²) in [6, 6.07) is 8.84. The van der Waals surface area contributed by atoms with Crippen LogP contribution in [0.2, 0.25) is 0 Å². The predicted molar refractivity (Wildman–Crippen MR) is 98.0 cm³/mol. The Morgan fingerprint density at radius 2 is 1.84 bits per heavy atom. The number of carbonyl (C=O) groups is 2. The largest absolute Gasteiger partial charge is 0.350 e. The van der Waals surface area contributed by atoms with Gasteiger partial charge in [0.1, 0.15) is 5.69 Å². The maximum atomic E-state index is 12.2. The number of aryl methyl sites for hydroxylation is 1. The Morgan fingerprint density at radius 3 is 2.52 bits per heavy atom. The number of hydrogen-bond acceptors (Lipinski definition) is 5. The highest BCUT2D eigenvalue weighted by atomic mass is 16.2. The van der Waals surface area contributed by atoms with Gasteiger partial charge in [0.05, 0.1) is 0 Å². The maximum absolute atomic E-state index is 12.2. The molecule has 0 radical (unpaired) electrons. The van der Waals surface area contributed by atoms with E-state index >= 15 is 0 Å². The molecule has 0 saturated heterocycles. The molecule has 2 rings (SSSR count). The average molecular weight is 341 g/mol. The first-order valence-electron chi connectivity index (χ1n) is 8.12. The second kappa shape index (κ2) is 8.23. The van der Waals surface area contributed by atoms with Crippen LogP contribution in [-0.4, -0.2) is 28.3 Å². The van der Waals surface area contributed by atoms with Crippen LogP contribution < -0.4 is 16.0 Å². The number of amides is 2. The lowest BCUT2D eigenvalue weighted by Gasteiger charge is -2.11. The highest BCUT2D eigenvalue weighted by molar-refractivity contribution is 5.92. The van der Waals surface area contributed by atoms with E-state index in [9.17, 15) is 9.59 Å². The summed E-state index contributed by atoms with van der Waals surface area (Å²) in [7, 11) is 0. The van der Waals surface area contributed by atoms with Crippen LogP contribution in [-0.2, 0) is 4.79 Å². The number of aromatic nitrogens is 2. The highest BCUT2D eigenvalue weighted by Gasteiger charge is 2.11. The van der Waals surface area contributed by atoms with Crippen molar-refractivity contribution < 1.29 is 9.59 Å². The van der Waals surface area contributed by atoms with E-state index in [1.807, 2.05) is 19.9 Å². The topological polar surface area (TPSA) is 96.0 Å². The summed E-state index contributed by atoms with van der Waals surface area (Å²) in [6.07, 6.45) is 0. The summed E-state index contributed by atoms with van der Waals surface area (Å²) >= 11 is 0. The van der Waals surface area contributed by atoms with Crippen LogP contribution in [0.25, 0.3) is 0 Å². The van der Waals surface area contributed by atoms with Gasteiger partial charge in [-0.05, 0) is 37.1 Å². The monoisotopic (exact) mass is 341 g/mol. The first kappa shape index (κ1) is 18.4. The summed E-state index contributed by atoms with van der Waals surface area (Å²) in [5, 5.41) is 8.62. The van der Waals surface area contributed by atoms with Gasteiger partial charge in [-0.15, -0.1) is 0 Å². The van der Waals surface area contributed by atoms with Gasteiger partial charge >= 0.3 is 0 Å². The number of hydrogen-bond donors (Lipinski definition) is 3. The Morgan fingerprint density at radius 1 is 1.12 bits per heavy atom. The fourth-order valence-electron chi connectivity index (χ4n) is 2.14. The molecule has 0 saturated carbocycles. The summed E-state index contributed by atoms with van der Waals surface area (Å²) in [5.41, 5.74) is 2.38. The molecule has 0 aliphatic heterocycles. The molecule has 1 aromatic heterocycles. The van der Waals surface area contributed by atoms with Gasteiger partial charge in [0.2, 0.25) is 11.9 Å². The van der Waals surface area contributed by atoms with E-state index in [2.05, 4.69) is 25.9 Å². The molecule has 3 N–H and O–H groups in total. The van der Waals surface area contributed by atoms with Crippen molar-refractivity contribution in [3.05, 3.63) is 41.7 Å². The van der Waals surface area contributed by atoms with Crippen molar-refractivity contribution in [3.63, 3.8) is 0 Å². The van der Waals surface area contributed by atoms with E-state index in [0.717, 1.165) is 0 Å². The molecule has 0 bridgehead atoms. The lowest BCUT2D eigenvalue weighted by Crippen LogP contribution is -2.28. The Kier molecular flexibility index (Phi) is 6.05. The molecule has 0 spiro atoms. The molecular weight excluding hydrogens is 318 g/mol. The van der Waals surface area contributed by atoms with Gasteiger partial charge in [0.15, 0.2) is 0 Å². The minimum Gasteiger partial charge on any atom is -0.350 e. The molecule has 7 heteroatoms. The summed E-state index contributed by atoms with van der Waals surface area (Å²) in [6.45, 7) is 7.90. The highest BCUT2D eigenvalue weighted by Crippen LogP contribution is 2.18. The van der Waals surface area contributed by atoms with E-state index in [4.69, 9.17) is 0 Å². The first-order valence-corrected chi connectivity index (χ1v) is 8.12. The van der Waals surface area contributed by atoms with Crippen LogP contribution in [0.3, 0.4) is 0 Å². The number of nitrogens with zero attached hydrogens (tertiary/aromatic N) is 2. The molecule has 132 valence electrons. The summed E-state index contributed by atoms with van der Waals surface area (Å²) < 4.78 is 0. The van der Waals surface area contributed by atoms with Gasteiger partial charge in [0.25, 0.3) is 5.91 Å². The van der Waals surface area contributed by atoms with Crippen molar-refractivity contribution in [2.24, 2.45) is 5.92 Å². The Hall–Kier alpha value is -2.96. The molecule has 1 heterocycles. The third-order valence-electron chi connectivity index (χ3n) is 3.20. The number of carbonyl (C=O) groups excluding carboxylic acids is 2. The van der Waals surface area contributed by atoms with Crippen LogP contribution in [0.1, 0.15) is 37.0 Å². The van der Waals surface area contributed by atoms with E-state index in [-0.39, 0.29) is 11.8 Å². The molecule has 0 aliphatic rings. The molecule has 0 unspecified atom stereocenters. The molecular formula is C18H23N5O2. The van der Waals surface area contributed by atoms with Gasteiger partial charge in [-0.3, -0.25) is 9.59 Å². The second-order valence-electron chi connectivity index (χ2n) is 6.21. The zero-order chi connectivity index (χ0) is 18.4. The number of nitrogens with one attached hydrogen (secondary N) is 3. The molecule has 2 aromatic rings. The van der Waals surface area contributed by atoms with Crippen molar-refractivity contribution in [1.82, 2.24) is 15.3 Å². The van der Waals surface area contributed by atoms with Crippen LogP contribution in [0.5, 0.6) is 0 Å². The van der Waals surface area contributed by atoms with Crippen molar-refractivity contribution in [2.45, 2.75) is 27.7 Å². The molecule has 1 aromatic carbocycles. The minimum atomic E-state index is -0.228. The van der Waals surface area contributed by atoms with Crippen molar-refractivity contribution in [2.75, 3.05) is 17.2 Å². The van der Waals surface area contributed by atoms with Crippen LogP contribution in [0, 0.1) is 12.8 Å². The van der Waals surface area contributed by atoms with E-state index in [1.165, 1.54) is 6.92 Å². The lowest BCUT2D eigenvalue weighted by atomic mass is 10.2. The Balaban J connectivity index is 2.17. The number of benzene rings is 1. The van der Waals surface area contributed by atoms with Crippen molar-refractivity contribution >= 4 is 29.1 Å². The van der Waals surface area contributed by atoms with Crippen LogP contribution in [0.4, 0.5) is 17.3 Å². The minimum absolute atomic E-state index is 0.145. The smallest absolute Gasteiger partial charge is 0.270 e. The Bertz CT molecular complexity index is 774.